The molecule has 0 aliphatic carbocycles. The first-order chi connectivity index (χ1) is 10.1. The van der Waals surface area contributed by atoms with Gasteiger partial charge in [0.05, 0.1) is 0 Å². The molecule has 0 aliphatic heterocycles. The summed E-state index contributed by atoms with van der Waals surface area (Å²) in [6.07, 6.45) is 0.869. The van der Waals surface area contributed by atoms with Crippen LogP contribution in [0, 0.1) is 0 Å². The van der Waals surface area contributed by atoms with Crippen LogP contribution in [0.5, 0.6) is 0 Å². The minimum atomic E-state index is -0.0358. The molecule has 21 heavy (non-hydrogen) atoms. The summed E-state index contributed by atoms with van der Waals surface area (Å²) in [4.78, 5) is 2.25. The Labute approximate surface area is 136 Å². The molecule has 0 amide bonds. The van der Waals surface area contributed by atoms with Crippen molar-refractivity contribution < 1.29 is 0 Å². The Bertz CT molecular complexity index is 569. The van der Waals surface area contributed by atoms with E-state index in [1.165, 1.54) is 5.56 Å². The van der Waals surface area contributed by atoms with Gasteiger partial charge in [-0.05, 0) is 49.3 Å². The predicted molar refractivity (Wildman–Crippen MR) is 90.8 cm³/mol. The monoisotopic (exact) mass is 322 g/mol. The third-order valence-corrected chi connectivity index (χ3v) is 4.09. The molecule has 0 bridgehead atoms. The van der Waals surface area contributed by atoms with Crippen molar-refractivity contribution in [2.24, 2.45) is 5.73 Å². The molecule has 1 unspecified atom stereocenters. The Morgan fingerprint density at radius 3 is 2.38 bits per heavy atom. The lowest BCUT2D eigenvalue weighted by atomic mass is 10.0. The van der Waals surface area contributed by atoms with E-state index in [1.54, 1.807) is 0 Å². The lowest BCUT2D eigenvalue weighted by Gasteiger charge is -2.20. The highest BCUT2D eigenvalue weighted by Gasteiger charge is 2.10. The lowest BCUT2D eigenvalue weighted by molar-refractivity contribution is 0.311. The van der Waals surface area contributed by atoms with Gasteiger partial charge < -0.3 is 10.6 Å². The van der Waals surface area contributed by atoms with Crippen LogP contribution < -0.4 is 5.73 Å². The Morgan fingerprint density at radius 1 is 1.05 bits per heavy atom. The second-order valence-corrected chi connectivity index (χ2v) is 6.12. The van der Waals surface area contributed by atoms with Gasteiger partial charge in [0.15, 0.2) is 0 Å². The van der Waals surface area contributed by atoms with Gasteiger partial charge in [-0.1, -0.05) is 53.5 Å². The van der Waals surface area contributed by atoms with Gasteiger partial charge in [-0.25, -0.2) is 0 Å². The average molecular weight is 323 g/mol. The number of hydrogen-bond acceptors (Lipinski definition) is 2. The first kappa shape index (κ1) is 16.3. The van der Waals surface area contributed by atoms with E-state index < -0.39 is 0 Å². The molecule has 2 aromatic rings. The van der Waals surface area contributed by atoms with Crippen LogP contribution in [0.15, 0.2) is 48.5 Å². The highest BCUT2D eigenvalue weighted by molar-refractivity contribution is 6.31. The van der Waals surface area contributed by atoms with Crippen molar-refractivity contribution in [1.29, 1.82) is 0 Å². The maximum atomic E-state index is 6.23. The summed E-state index contributed by atoms with van der Waals surface area (Å²) in [7, 11) is 2.09. The molecular formula is C17H20Cl2N2. The van der Waals surface area contributed by atoms with E-state index in [0.717, 1.165) is 35.1 Å². The van der Waals surface area contributed by atoms with Crippen molar-refractivity contribution in [3.63, 3.8) is 0 Å². The van der Waals surface area contributed by atoms with Gasteiger partial charge in [0.2, 0.25) is 0 Å². The Hall–Kier alpha value is -1.06. The van der Waals surface area contributed by atoms with Gasteiger partial charge in [0.1, 0.15) is 0 Å². The summed E-state index contributed by atoms with van der Waals surface area (Å²) in [5, 5.41) is 1.51. The zero-order chi connectivity index (χ0) is 15.2. The first-order valence-electron chi connectivity index (χ1n) is 6.99. The van der Waals surface area contributed by atoms with Crippen LogP contribution >= 0.6 is 23.2 Å². The fourth-order valence-corrected chi connectivity index (χ4v) is 2.67. The Kier molecular flexibility index (Phi) is 6.07. The molecule has 0 aliphatic rings. The highest BCUT2D eigenvalue weighted by atomic mass is 35.5. The van der Waals surface area contributed by atoms with Crippen LogP contribution in [0.4, 0.5) is 0 Å². The molecule has 0 heterocycles. The van der Waals surface area contributed by atoms with Crippen molar-refractivity contribution in [2.75, 3.05) is 13.6 Å². The van der Waals surface area contributed by atoms with Crippen molar-refractivity contribution >= 4 is 23.2 Å². The SMILES string of the molecule is CN(CCC(N)c1ccccc1Cl)Cc1ccc(Cl)cc1. The van der Waals surface area contributed by atoms with Crippen LogP contribution in [0.3, 0.4) is 0 Å². The van der Waals surface area contributed by atoms with Crippen LogP contribution in [0.2, 0.25) is 10.0 Å². The highest BCUT2D eigenvalue weighted by Crippen LogP contribution is 2.23. The summed E-state index contributed by atoms with van der Waals surface area (Å²) in [6, 6.07) is 15.7. The molecule has 0 spiro atoms. The maximum absolute atomic E-state index is 6.23. The van der Waals surface area contributed by atoms with E-state index in [0.29, 0.717) is 0 Å². The minimum absolute atomic E-state index is 0.0358. The third kappa shape index (κ3) is 5.01. The van der Waals surface area contributed by atoms with Crippen molar-refractivity contribution in [3.05, 3.63) is 69.7 Å². The molecule has 0 fully saturated rings. The second-order valence-electron chi connectivity index (χ2n) is 5.28. The molecule has 2 aromatic carbocycles. The fourth-order valence-electron chi connectivity index (χ4n) is 2.27. The third-order valence-electron chi connectivity index (χ3n) is 3.49. The summed E-state index contributed by atoms with van der Waals surface area (Å²) in [6.45, 7) is 1.79. The van der Waals surface area contributed by atoms with Crippen molar-refractivity contribution in [1.82, 2.24) is 4.90 Å². The van der Waals surface area contributed by atoms with Gasteiger partial charge in [0.25, 0.3) is 0 Å². The number of hydrogen-bond donors (Lipinski definition) is 1. The second kappa shape index (κ2) is 7.81. The van der Waals surface area contributed by atoms with E-state index in [2.05, 4.69) is 11.9 Å². The normalized spacial score (nSPS) is 12.6. The topological polar surface area (TPSA) is 29.3 Å². The van der Waals surface area contributed by atoms with Gasteiger partial charge in [0, 0.05) is 22.6 Å². The standard InChI is InChI=1S/C17H20Cl2N2/c1-21(12-13-6-8-14(18)9-7-13)11-10-17(20)15-4-2-3-5-16(15)19/h2-9,17H,10-12,20H2,1H3. The molecule has 4 heteroatoms. The molecule has 2 nitrogen and oxygen atoms in total. The average Bonchev–Trinajstić information content (AvgIpc) is 2.48. The summed E-state index contributed by atoms with van der Waals surface area (Å²) in [5.41, 5.74) is 8.49. The van der Waals surface area contributed by atoms with Gasteiger partial charge in [-0.2, -0.15) is 0 Å². The van der Waals surface area contributed by atoms with Gasteiger partial charge in [-0.15, -0.1) is 0 Å². The van der Waals surface area contributed by atoms with E-state index in [-0.39, 0.29) is 6.04 Å². The molecule has 0 aromatic heterocycles. The van der Waals surface area contributed by atoms with Crippen molar-refractivity contribution in [2.45, 2.75) is 19.0 Å². The molecule has 2 N–H and O–H groups in total. The Morgan fingerprint density at radius 2 is 1.71 bits per heavy atom. The van der Waals surface area contributed by atoms with E-state index in [1.807, 2.05) is 48.5 Å². The van der Waals surface area contributed by atoms with Gasteiger partial charge in [-0.3, -0.25) is 0 Å². The van der Waals surface area contributed by atoms with Crippen LogP contribution in [0.1, 0.15) is 23.6 Å². The van der Waals surface area contributed by atoms with Gasteiger partial charge >= 0.3 is 0 Å². The maximum Gasteiger partial charge on any atom is 0.0453 e. The molecular weight excluding hydrogens is 303 g/mol. The fraction of sp³-hybridized carbons (Fsp3) is 0.294. The number of rotatable bonds is 6. The lowest BCUT2D eigenvalue weighted by Crippen LogP contribution is -2.23. The van der Waals surface area contributed by atoms with Crippen LogP contribution in [-0.2, 0) is 6.54 Å². The largest absolute Gasteiger partial charge is 0.324 e. The zero-order valence-electron chi connectivity index (χ0n) is 12.1. The number of halogens is 2. The smallest absolute Gasteiger partial charge is 0.0453 e. The summed E-state index contributed by atoms with van der Waals surface area (Å²) < 4.78 is 0. The first-order valence-corrected chi connectivity index (χ1v) is 7.75. The number of nitrogens with zero attached hydrogens (tertiary/aromatic N) is 1. The van der Waals surface area contributed by atoms with Crippen LogP contribution in [0.25, 0.3) is 0 Å². The van der Waals surface area contributed by atoms with E-state index in [4.69, 9.17) is 28.9 Å². The predicted octanol–water partition coefficient (Wildman–Crippen LogP) is 4.52. The molecule has 0 radical (unpaired) electrons. The zero-order valence-corrected chi connectivity index (χ0v) is 13.6. The van der Waals surface area contributed by atoms with E-state index >= 15 is 0 Å². The summed E-state index contributed by atoms with van der Waals surface area (Å²) >= 11 is 12.1. The molecule has 112 valence electrons. The number of nitrogens with two attached hydrogens (primary N) is 1. The quantitative estimate of drug-likeness (QED) is 0.847. The van der Waals surface area contributed by atoms with Crippen molar-refractivity contribution in [3.8, 4) is 0 Å². The Balaban J connectivity index is 1.85. The molecule has 1 atom stereocenters. The minimum Gasteiger partial charge on any atom is -0.324 e. The molecule has 0 saturated carbocycles. The number of benzene rings is 2. The molecule has 0 saturated heterocycles. The van der Waals surface area contributed by atoms with Crippen LogP contribution in [-0.4, -0.2) is 18.5 Å². The molecule has 2 rings (SSSR count). The summed E-state index contributed by atoms with van der Waals surface area (Å²) in [5.74, 6) is 0. The van der Waals surface area contributed by atoms with E-state index in [9.17, 15) is 0 Å².